The van der Waals surface area contributed by atoms with Crippen molar-refractivity contribution in [3.05, 3.63) is 72.3 Å². The molecular formula is C21H22O5. The standard InChI is InChI=1S/C21H22O5/c1-3-5-15-25-20(22)16-8-12-19(13-9-16)26-21(23)17-6-10-18(11-7-17)24-14-4-2/h4,6-13H,2-3,5,14-15H2,1H3. The number of rotatable bonds is 9. The summed E-state index contributed by atoms with van der Waals surface area (Å²) in [5, 5.41) is 0. The van der Waals surface area contributed by atoms with Crippen molar-refractivity contribution in [2.75, 3.05) is 13.2 Å². The molecule has 0 aliphatic carbocycles. The van der Waals surface area contributed by atoms with E-state index in [-0.39, 0.29) is 5.97 Å². The number of ether oxygens (including phenoxy) is 3. The summed E-state index contributed by atoms with van der Waals surface area (Å²) >= 11 is 0. The summed E-state index contributed by atoms with van der Waals surface area (Å²) in [4.78, 5) is 24.0. The lowest BCUT2D eigenvalue weighted by Crippen LogP contribution is -2.09. The lowest BCUT2D eigenvalue weighted by molar-refractivity contribution is 0.0499. The average molecular weight is 354 g/mol. The van der Waals surface area contributed by atoms with Gasteiger partial charge in [0.2, 0.25) is 0 Å². The molecule has 0 aromatic heterocycles. The number of esters is 2. The van der Waals surface area contributed by atoms with Crippen molar-refractivity contribution < 1.29 is 23.8 Å². The van der Waals surface area contributed by atoms with Crippen LogP contribution in [-0.2, 0) is 4.74 Å². The molecule has 136 valence electrons. The molecule has 0 fully saturated rings. The van der Waals surface area contributed by atoms with Gasteiger partial charge in [0.05, 0.1) is 17.7 Å². The summed E-state index contributed by atoms with van der Waals surface area (Å²) in [5.74, 6) is 0.129. The van der Waals surface area contributed by atoms with Crippen LogP contribution >= 0.6 is 0 Å². The zero-order valence-electron chi connectivity index (χ0n) is 14.8. The maximum atomic E-state index is 12.2. The molecule has 0 saturated carbocycles. The molecule has 0 atom stereocenters. The van der Waals surface area contributed by atoms with Gasteiger partial charge in [0.15, 0.2) is 0 Å². The van der Waals surface area contributed by atoms with E-state index in [1.165, 1.54) is 0 Å². The third-order valence-corrected chi connectivity index (χ3v) is 3.49. The summed E-state index contributed by atoms with van der Waals surface area (Å²) in [6.45, 7) is 6.40. The van der Waals surface area contributed by atoms with Crippen LogP contribution in [0.25, 0.3) is 0 Å². The van der Waals surface area contributed by atoms with Crippen LogP contribution in [0.5, 0.6) is 11.5 Å². The molecule has 0 spiro atoms. The molecule has 0 N–H and O–H groups in total. The molecule has 26 heavy (non-hydrogen) atoms. The van der Waals surface area contributed by atoms with Gasteiger partial charge in [-0.2, -0.15) is 0 Å². The van der Waals surface area contributed by atoms with Crippen molar-refractivity contribution in [2.24, 2.45) is 0 Å². The summed E-state index contributed by atoms with van der Waals surface area (Å²) in [6, 6.07) is 12.9. The Hall–Kier alpha value is -3.08. The molecule has 0 aliphatic rings. The van der Waals surface area contributed by atoms with E-state index in [0.29, 0.717) is 35.8 Å². The number of benzene rings is 2. The van der Waals surface area contributed by atoms with Crippen LogP contribution in [0.1, 0.15) is 40.5 Å². The summed E-state index contributed by atoms with van der Waals surface area (Å²) in [7, 11) is 0. The van der Waals surface area contributed by atoms with Gasteiger partial charge in [0.1, 0.15) is 18.1 Å². The molecule has 0 unspecified atom stereocenters. The Kier molecular flexibility index (Phi) is 7.43. The molecular weight excluding hydrogens is 332 g/mol. The van der Waals surface area contributed by atoms with Crippen LogP contribution < -0.4 is 9.47 Å². The summed E-state index contributed by atoms with van der Waals surface area (Å²) in [5.41, 5.74) is 0.823. The van der Waals surface area contributed by atoms with Crippen LogP contribution in [0, 0.1) is 0 Å². The Morgan fingerprint density at radius 1 is 0.923 bits per heavy atom. The topological polar surface area (TPSA) is 61.8 Å². The van der Waals surface area contributed by atoms with Gasteiger partial charge in [0, 0.05) is 0 Å². The van der Waals surface area contributed by atoms with E-state index < -0.39 is 5.97 Å². The van der Waals surface area contributed by atoms with E-state index in [0.717, 1.165) is 12.8 Å². The second-order valence-corrected chi connectivity index (χ2v) is 5.53. The quantitative estimate of drug-likeness (QED) is 0.289. The predicted octanol–water partition coefficient (Wildman–Crippen LogP) is 4.43. The van der Waals surface area contributed by atoms with E-state index in [1.54, 1.807) is 54.6 Å². The summed E-state index contributed by atoms with van der Waals surface area (Å²) in [6.07, 6.45) is 3.44. The maximum Gasteiger partial charge on any atom is 0.343 e. The van der Waals surface area contributed by atoms with Crippen molar-refractivity contribution in [3.63, 3.8) is 0 Å². The van der Waals surface area contributed by atoms with Gasteiger partial charge in [-0.15, -0.1) is 0 Å². The highest BCUT2D eigenvalue weighted by atomic mass is 16.5. The molecule has 2 aromatic carbocycles. The molecule has 5 heteroatoms. The van der Waals surface area contributed by atoms with E-state index in [9.17, 15) is 9.59 Å². The Morgan fingerprint density at radius 3 is 2.08 bits per heavy atom. The minimum atomic E-state index is -0.487. The Morgan fingerprint density at radius 2 is 1.50 bits per heavy atom. The minimum absolute atomic E-state index is 0.354. The number of hydrogen-bond donors (Lipinski definition) is 0. The first-order valence-corrected chi connectivity index (χ1v) is 8.47. The first-order chi connectivity index (χ1) is 12.6. The van der Waals surface area contributed by atoms with Crippen molar-refractivity contribution in [2.45, 2.75) is 19.8 Å². The predicted molar refractivity (Wildman–Crippen MR) is 98.7 cm³/mol. The van der Waals surface area contributed by atoms with Crippen LogP contribution in [-0.4, -0.2) is 25.2 Å². The number of hydrogen-bond acceptors (Lipinski definition) is 5. The lowest BCUT2D eigenvalue weighted by Gasteiger charge is -2.07. The van der Waals surface area contributed by atoms with Gasteiger partial charge in [-0.25, -0.2) is 9.59 Å². The molecule has 0 saturated heterocycles. The molecule has 0 amide bonds. The molecule has 0 bridgehead atoms. The van der Waals surface area contributed by atoms with E-state index in [4.69, 9.17) is 14.2 Å². The van der Waals surface area contributed by atoms with Crippen LogP contribution in [0.2, 0.25) is 0 Å². The normalized spacial score (nSPS) is 10.0. The van der Waals surface area contributed by atoms with E-state index in [1.807, 2.05) is 6.92 Å². The Labute approximate surface area is 153 Å². The summed E-state index contributed by atoms with van der Waals surface area (Å²) < 4.78 is 15.8. The van der Waals surface area contributed by atoms with Gasteiger partial charge in [0.25, 0.3) is 0 Å². The molecule has 0 aliphatic heterocycles. The van der Waals surface area contributed by atoms with Gasteiger partial charge in [-0.1, -0.05) is 26.0 Å². The fourth-order valence-electron chi connectivity index (χ4n) is 2.06. The second kappa shape index (κ2) is 10.0. The smallest absolute Gasteiger partial charge is 0.343 e. The minimum Gasteiger partial charge on any atom is -0.490 e. The number of carbonyl (C=O) groups excluding carboxylic acids is 2. The molecule has 0 radical (unpaired) electrons. The SMILES string of the molecule is C=CCOc1ccc(C(=O)Oc2ccc(C(=O)OCCCC)cc2)cc1. The second-order valence-electron chi connectivity index (χ2n) is 5.53. The van der Waals surface area contributed by atoms with Gasteiger partial charge in [-0.3, -0.25) is 0 Å². The lowest BCUT2D eigenvalue weighted by atomic mass is 10.2. The van der Waals surface area contributed by atoms with Gasteiger partial charge >= 0.3 is 11.9 Å². The van der Waals surface area contributed by atoms with E-state index in [2.05, 4.69) is 6.58 Å². The highest BCUT2D eigenvalue weighted by Gasteiger charge is 2.11. The highest BCUT2D eigenvalue weighted by molar-refractivity contribution is 5.92. The van der Waals surface area contributed by atoms with Crippen molar-refractivity contribution in [3.8, 4) is 11.5 Å². The van der Waals surface area contributed by atoms with Crippen LogP contribution in [0.4, 0.5) is 0 Å². The first kappa shape index (κ1) is 19.2. The Balaban J connectivity index is 1.92. The highest BCUT2D eigenvalue weighted by Crippen LogP contribution is 2.17. The zero-order chi connectivity index (χ0) is 18.8. The van der Waals surface area contributed by atoms with Gasteiger partial charge in [-0.05, 0) is 55.0 Å². The zero-order valence-corrected chi connectivity index (χ0v) is 14.8. The monoisotopic (exact) mass is 354 g/mol. The van der Waals surface area contributed by atoms with E-state index >= 15 is 0 Å². The first-order valence-electron chi connectivity index (χ1n) is 8.47. The fraction of sp³-hybridized carbons (Fsp3) is 0.238. The average Bonchev–Trinajstić information content (AvgIpc) is 2.67. The van der Waals surface area contributed by atoms with Crippen molar-refractivity contribution in [1.82, 2.24) is 0 Å². The Bertz CT molecular complexity index is 732. The molecule has 5 nitrogen and oxygen atoms in total. The largest absolute Gasteiger partial charge is 0.490 e. The molecule has 2 rings (SSSR count). The van der Waals surface area contributed by atoms with Crippen LogP contribution in [0.3, 0.4) is 0 Å². The maximum absolute atomic E-state index is 12.2. The number of unbranched alkanes of at least 4 members (excludes halogenated alkanes) is 1. The molecule has 2 aromatic rings. The van der Waals surface area contributed by atoms with Crippen LogP contribution in [0.15, 0.2) is 61.2 Å². The third-order valence-electron chi connectivity index (χ3n) is 3.49. The van der Waals surface area contributed by atoms with Crippen molar-refractivity contribution >= 4 is 11.9 Å². The third kappa shape index (κ3) is 5.77. The number of carbonyl (C=O) groups is 2. The van der Waals surface area contributed by atoms with Gasteiger partial charge < -0.3 is 14.2 Å². The fourth-order valence-corrected chi connectivity index (χ4v) is 2.06. The van der Waals surface area contributed by atoms with Crippen molar-refractivity contribution in [1.29, 1.82) is 0 Å². The molecule has 0 heterocycles.